The number of hydrogen-bond donors (Lipinski definition) is 0. The molecule has 0 aliphatic carbocycles. The van der Waals surface area contributed by atoms with Crippen LogP contribution in [0.15, 0.2) is 17.1 Å². The van der Waals surface area contributed by atoms with Crippen molar-refractivity contribution < 1.29 is 4.92 Å². The Labute approximate surface area is 100 Å². The standard InChI is InChI=1S/C12H18N2O3/c1-8(2)6-13-7-11(14(16)17)10(9(3)4)5-12(13)15/h5,7-9H,6H2,1-4H3. The number of pyridine rings is 1. The average molecular weight is 238 g/mol. The first-order valence-corrected chi connectivity index (χ1v) is 5.71. The van der Waals surface area contributed by atoms with Crippen molar-refractivity contribution in [3.05, 3.63) is 38.3 Å². The monoisotopic (exact) mass is 238 g/mol. The highest BCUT2D eigenvalue weighted by atomic mass is 16.6. The fraction of sp³-hybridized carbons (Fsp3) is 0.583. The minimum atomic E-state index is -0.425. The van der Waals surface area contributed by atoms with E-state index < -0.39 is 4.92 Å². The molecule has 94 valence electrons. The van der Waals surface area contributed by atoms with E-state index in [1.165, 1.54) is 16.8 Å². The largest absolute Gasteiger partial charge is 0.309 e. The highest BCUT2D eigenvalue weighted by Crippen LogP contribution is 2.24. The van der Waals surface area contributed by atoms with Crippen LogP contribution in [-0.4, -0.2) is 9.49 Å². The predicted molar refractivity (Wildman–Crippen MR) is 66.3 cm³/mol. The zero-order chi connectivity index (χ0) is 13.2. The van der Waals surface area contributed by atoms with Gasteiger partial charge < -0.3 is 4.57 Å². The zero-order valence-electron chi connectivity index (χ0n) is 10.6. The lowest BCUT2D eigenvalue weighted by molar-refractivity contribution is -0.386. The molecule has 1 aromatic rings. The van der Waals surface area contributed by atoms with E-state index in [-0.39, 0.29) is 23.1 Å². The molecular formula is C12H18N2O3. The summed E-state index contributed by atoms with van der Waals surface area (Å²) in [5.41, 5.74) is 0.355. The van der Waals surface area contributed by atoms with E-state index >= 15 is 0 Å². The molecule has 5 heteroatoms. The lowest BCUT2D eigenvalue weighted by Gasteiger charge is -2.11. The number of nitro groups is 1. The molecule has 17 heavy (non-hydrogen) atoms. The smallest absolute Gasteiger partial charge is 0.289 e. The van der Waals surface area contributed by atoms with Gasteiger partial charge in [0.25, 0.3) is 11.2 Å². The molecule has 0 radical (unpaired) electrons. The first-order valence-electron chi connectivity index (χ1n) is 5.71. The van der Waals surface area contributed by atoms with E-state index in [0.29, 0.717) is 12.1 Å². The van der Waals surface area contributed by atoms with Gasteiger partial charge in [-0.2, -0.15) is 0 Å². The highest BCUT2D eigenvalue weighted by Gasteiger charge is 2.19. The Morgan fingerprint density at radius 2 is 1.94 bits per heavy atom. The van der Waals surface area contributed by atoms with Gasteiger partial charge in [0.15, 0.2) is 0 Å². The third-order valence-corrected chi connectivity index (χ3v) is 2.52. The van der Waals surface area contributed by atoms with Gasteiger partial charge in [-0.15, -0.1) is 0 Å². The van der Waals surface area contributed by atoms with Crippen molar-refractivity contribution in [1.82, 2.24) is 4.57 Å². The second-order valence-electron chi connectivity index (χ2n) is 4.91. The number of rotatable bonds is 4. The second kappa shape index (κ2) is 5.12. The van der Waals surface area contributed by atoms with Crippen molar-refractivity contribution in [3.63, 3.8) is 0 Å². The fourth-order valence-electron chi connectivity index (χ4n) is 1.73. The fourth-order valence-corrected chi connectivity index (χ4v) is 1.73. The van der Waals surface area contributed by atoms with Gasteiger partial charge in [0.05, 0.1) is 11.1 Å². The normalized spacial score (nSPS) is 11.2. The van der Waals surface area contributed by atoms with Crippen LogP contribution in [0.3, 0.4) is 0 Å². The molecule has 0 N–H and O–H groups in total. The maximum absolute atomic E-state index is 11.8. The van der Waals surface area contributed by atoms with Crippen molar-refractivity contribution >= 4 is 5.69 Å². The van der Waals surface area contributed by atoms with Crippen LogP contribution in [0.5, 0.6) is 0 Å². The predicted octanol–water partition coefficient (Wildman–Crippen LogP) is 2.54. The molecule has 0 aliphatic rings. The molecule has 0 bridgehead atoms. The maximum Gasteiger partial charge on any atom is 0.289 e. The molecule has 0 fully saturated rings. The van der Waals surface area contributed by atoms with E-state index in [0.717, 1.165) is 0 Å². The average Bonchev–Trinajstić information content (AvgIpc) is 2.19. The Balaban J connectivity index is 3.35. The minimum Gasteiger partial charge on any atom is -0.309 e. The summed E-state index contributed by atoms with van der Waals surface area (Å²) in [6.07, 6.45) is 1.36. The van der Waals surface area contributed by atoms with E-state index in [4.69, 9.17) is 0 Å². The van der Waals surface area contributed by atoms with Gasteiger partial charge in [0.1, 0.15) is 0 Å². The molecule has 0 aromatic carbocycles. The molecule has 0 spiro atoms. The van der Waals surface area contributed by atoms with Crippen molar-refractivity contribution in [2.75, 3.05) is 0 Å². The third kappa shape index (κ3) is 3.15. The summed E-state index contributed by atoms with van der Waals surface area (Å²) in [4.78, 5) is 22.3. The van der Waals surface area contributed by atoms with Gasteiger partial charge in [-0.05, 0) is 11.8 Å². The summed E-state index contributed by atoms with van der Waals surface area (Å²) < 4.78 is 1.41. The topological polar surface area (TPSA) is 65.1 Å². The zero-order valence-corrected chi connectivity index (χ0v) is 10.6. The number of aromatic nitrogens is 1. The van der Waals surface area contributed by atoms with Crippen molar-refractivity contribution in [2.24, 2.45) is 5.92 Å². The summed E-state index contributed by atoms with van der Waals surface area (Å²) >= 11 is 0. The Morgan fingerprint density at radius 1 is 1.35 bits per heavy atom. The van der Waals surface area contributed by atoms with Crippen LogP contribution in [0.2, 0.25) is 0 Å². The Kier molecular flexibility index (Phi) is 4.04. The SMILES string of the molecule is CC(C)Cn1cc([N+](=O)[O-])c(C(C)C)cc1=O. The summed E-state index contributed by atoms with van der Waals surface area (Å²) in [7, 11) is 0. The van der Waals surface area contributed by atoms with Crippen LogP contribution in [0, 0.1) is 16.0 Å². The lowest BCUT2D eigenvalue weighted by Crippen LogP contribution is -2.23. The van der Waals surface area contributed by atoms with Crippen molar-refractivity contribution in [2.45, 2.75) is 40.2 Å². The molecule has 5 nitrogen and oxygen atoms in total. The Morgan fingerprint density at radius 3 is 2.35 bits per heavy atom. The van der Waals surface area contributed by atoms with Crippen LogP contribution >= 0.6 is 0 Å². The second-order valence-corrected chi connectivity index (χ2v) is 4.91. The summed E-state index contributed by atoms with van der Waals surface area (Å²) in [6, 6.07) is 1.38. The molecule has 0 saturated heterocycles. The van der Waals surface area contributed by atoms with Gasteiger partial charge in [0.2, 0.25) is 0 Å². The van der Waals surface area contributed by atoms with Crippen molar-refractivity contribution in [3.8, 4) is 0 Å². The quantitative estimate of drug-likeness (QED) is 0.598. The molecule has 0 saturated carbocycles. The van der Waals surface area contributed by atoms with Crippen LogP contribution in [-0.2, 0) is 6.54 Å². The van der Waals surface area contributed by atoms with Gasteiger partial charge in [-0.3, -0.25) is 14.9 Å². The molecule has 0 unspecified atom stereocenters. The lowest BCUT2D eigenvalue weighted by atomic mass is 10.0. The van der Waals surface area contributed by atoms with E-state index in [1.54, 1.807) is 0 Å². The van der Waals surface area contributed by atoms with Crippen LogP contribution in [0.4, 0.5) is 5.69 Å². The molecule has 0 aliphatic heterocycles. The molecule has 0 atom stereocenters. The summed E-state index contributed by atoms with van der Waals surface area (Å²) in [5, 5.41) is 11.0. The van der Waals surface area contributed by atoms with E-state index in [9.17, 15) is 14.9 Å². The highest BCUT2D eigenvalue weighted by molar-refractivity contribution is 5.39. The van der Waals surface area contributed by atoms with Gasteiger partial charge in [-0.25, -0.2) is 0 Å². The van der Waals surface area contributed by atoms with E-state index in [2.05, 4.69) is 0 Å². The molecular weight excluding hydrogens is 220 g/mol. The van der Waals surface area contributed by atoms with Crippen LogP contribution in [0.1, 0.15) is 39.2 Å². The maximum atomic E-state index is 11.8. The first-order chi connectivity index (χ1) is 7.82. The Hall–Kier alpha value is -1.65. The first kappa shape index (κ1) is 13.4. The molecule has 1 heterocycles. The minimum absolute atomic E-state index is 0.0280. The Bertz CT molecular complexity index is 475. The third-order valence-electron chi connectivity index (χ3n) is 2.52. The molecule has 1 aromatic heterocycles. The van der Waals surface area contributed by atoms with Crippen molar-refractivity contribution in [1.29, 1.82) is 0 Å². The van der Waals surface area contributed by atoms with Gasteiger partial charge in [0, 0.05) is 18.2 Å². The molecule has 0 amide bonds. The summed E-state index contributed by atoms with van der Waals surface area (Å²) in [6.45, 7) is 8.12. The number of nitrogens with zero attached hydrogens (tertiary/aromatic N) is 2. The van der Waals surface area contributed by atoms with E-state index in [1.807, 2.05) is 27.7 Å². The van der Waals surface area contributed by atoms with Crippen LogP contribution < -0.4 is 5.56 Å². The summed E-state index contributed by atoms with van der Waals surface area (Å²) in [5.74, 6) is 0.244. The number of hydrogen-bond acceptors (Lipinski definition) is 3. The molecule has 1 rings (SSSR count). The van der Waals surface area contributed by atoms with Crippen LogP contribution in [0.25, 0.3) is 0 Å². The van der Waals surface area contributed by atoms with Gasteiger partial charge >= 0.3 is 0 Å². The van der Waals surface area contributed by atoms with Gasteiger partial charge in [-0.1, -0.05) is 27.7 Å².